The zero-order chi connectivity index (χ0) is 27.2. The van der Waals surface area contributed by atoms with Gasteiger partial charge in [-0.2, -0.15) is 5.26 Å². The third-order valence-electron chi connectivity index (χ3n) is 11.1. The summed E-state index contributed by atoms with van der Waals surface area (Å²) in [5.74, 6) is 2.88. The lowest BCUT2D eigenvalue weighted by Crippen LogP contribution is -2.51. The molecule has 2 saturated carbocycles. The number of methoxy groups -OCH3 is 1. The maximum absolute atomic E-state index is 14.1. The van der Waals surface area contributed by atoms with Gasteiger partial charge in [0.1, 0.15) is 5.75 Å². The molecule has 0 spiro atoms. The zero-order valence-corrected chi connectivity index (χ0v) is 23.5. The Kier molecular flexibility index (Phi) is 6.66. The van der Waals surface area contributed by atoms with Gasteiger partial charge in [-0.25, -0.2) is 0 Å². The average molecular weight is 521 g/mol. The third kappa shape index (κ3) is 4.31. The van der Waals surface area contributed by atoms with Gasteiger partial charge in [0.05, 0.1) is 19.2 Å². The number of allylic oxidation sites excluding steroid dienone is 4. The fraction of sp³-hybridized carbons (Fsp3) is 0.486. The summed E-state index contributed by atoms with van der Waals surface area (Å²) in [5, 5.41) is 13.0. The largest absolute Gasteiger partial charge is 0.497 e. The highest BCUT2D eigenvalue weighted by Gasteiger charge is 2.59. The van der Waals surface area contributed by atoms with Crippen molar-refractivity contribution in [1.29, 1.82) is 5.26 Å². The molecule has 1 unspecified atom stereocenters. The first-order valence-electron chi connectivity index (χ1n) is 14.7. The Balaban J connectivity index is 1.25. The molecule has 1 N–H and O–H groups in total. The average Bonchev–Trinajstić information content (AvgIpc) is 3.33. The molecule has 7 atom stereocenters. The van der Waals surface area contributed by atoms with E-state index >= 15 is 0 Å². The van der Waals surface area contributed by atoms with Crippen LogP contribution in [0.1, 0.15) is 76.0 Å². The lowest BCUT2D eigenvalue weighted by molar-refractivity contribution is -0.132. The maximum Gasteiger partial charge on any atom is 0.224 e. The molecule has 0 aromatic heterocycles. The van der Waals surface area contributed by atoms with Gasteiger partial charge in [0.15, 0.2) is 0 Å². The van der Waals surface area contributed by atoms with Crippen molar-refractivity contribution in [2.75, 3.05) is 7.11 Å². The molecular weight excluding hydrogens is 480 g/mol. The van der Waals surface area contributed by atoms with E-state index in [0.29, 0.717) is 17.8 Å². The second kappa shape index (κ2) is 10.0. The Morgan fingerprint density at radius 2 is 1.74 bits per heavy atom. The van der Waals surface area contributed by atoms with Crippen molar-refractivity contribution in [2.45, 2.75) is 64.8 Å². The van der Waals surface area contributed by atoms with E-state index in [1.54, 1.807) is 7.11 Å². The summed E-state index contributed by atoms with van der Waals surface area (Å²) >= 11 is 0. The number of benzene rings is 2. The van der Waals surface area contributed by atoms with E-state index < -0.39 is 0 Å². The molecule has 4 heteroatoms. The van der Waals surface area contributed by atoms with Gasteiger partial charge in [0.2, 0.25) is 5.91 Å². The van der Waals surface area contributed by atoms with Crippen molar-refractivity contribution < 1.29 is 9.53 Å². The number of carbonyl (C=O) groups is 1. The summed E-state index contributed by atoms with van der Waals surface area (Å²) < 4.78 is 5.38. The number of carbonyl (C=O) groups excluding carboxylic acids is 1. The normalized spacial score (nSPS) is 33.8. The minimum atomic E-state index is -0.189. The lowest BCUT2D eigenvalue weighted by Gasteiger charge is -2.56. The molecule has 2 fully saturated rings. The molecule has 39 heavy (non-hydrogen) atoms. The first-order chi connectivity index (χ1) is 18.9. The second-order valence-electron chi connectivity index (χ2n) is 12.8. The topological polar surface area (TPSA) is 62.1 Å². The van der Waals surface area contributed by atoms with E-state index in [9.17, 15) is 10.1 Å². The molecular formula is C35H40N2O2. The van der Waals surface area contributed by atoms with Crippen LogP contribution < -0.4 is 10.1 Å². The fourth-order valence-electron chi connectivity index (χ4n) is 8.89. The van der Waals surface area contributed by atoms with E-state index in [4.69, 9.17) is 4.74 Å². The van der Waals surface area contributed by atoms with Crippen LogP contribution in [0, 0.1) is 45.8 Å². The van der Waals surface area contributed by atoms with Crippen LogP contribution in [-0.4, -0.2) is 13.0 Å². The second-order valence-corrected chi connectivity index (χ2v) is 12.8. The van der Waals surface area contributed by atoms with Crippen LogP contribution in [0.15, 0.2) is 77.9 Å². The van der Waals surface area contributed by atoms with E-state index in [-0.39, 0.29) is 28.7 Å². The predicted octanol–water partition coefficient (Wildman–Crippen LogP) is 7.54. The SMILES string of the molecule is COc1ccc(C(NC(=O)[C@H]2CC[C@H]3[C@@H]4CC=C5C=C(C#N)CC[C@]5(C)[C@H]4CC[C@]23C)c2ccccc2)cc1. The summed E-state index contributed by atoms with van der Waals surface area (Å²) in [5.41, 5.74) is 4.68. The van der Waals surface area contributed by atoms with Gasteiger partial charge in [-0.3, -0.25) is 4.79 Å². The fourth-order valence-corrected chi connectivity index (χ4v) is 8.89. The Hall–Kier alpha value is -3.32. The number of nitrogens with one attached hydrogen (secondary N) is 1. The van der Waals surface area contributed by atoms with Gasteiger partial charge in [-0.05, 0) is 108 Å². The molecule has 0 saturated heterocycles. The number of hydrogen-bond donors (Lipinski definition) is 1. The molecule has 0 aliphatic heterocycles. The first kappa shape index (κ1) is 25.9. The highest BCUT2D eigenvalue weighted by molar-refractivity contribution is 5.81. The predicted molar refractivity (Wildman–Crippen MR) is 154 cm³/mol. The van der Waals surface area contributed by atoms with Crippen LogP contribution in [0.2, 0.25) is 0 Å². The van der Waals surface area contributed by atoms with Gasteiger partial charge in [0.25, 0.3) is 0 Å². The number of amides is 1. The summed E-state index contributed by atoms with van der Waals surface area (Å²) in [6.45, 7) is 4.85. The summed E-state index contributed by atoms with van der Waals surface area (Å²) in [4.78, 5) is 14.1. The molecule has 202 valence electrons. The number of nitriles is 1. The summed E-state index contributed by atoms with van der Waals surface area (Å²) in [7, 11) is 1.68. The van der Waals surface area contributed by atoms with Crippen molar-refractivity contribution in [1.82, 2.24) is 5.32 Å². The number of fused-ring (bicyclic) bond motifs is 5. The van der Waals surface area contributed by atoms with Crippen molar-refractivity contribution in [3.8, 4) is 11.8 Å². The van der Waals surface area contributed by atoms with Gasteiger partial charge in [0, 0.05) is 11.5 Å². The smallest absolute Gasteiger partial charge is 0.224 e. The molecule has 0 bridgehead atoms. The van der Waals surface area contributed by atoms with Crippen LogP contribution in [0.4, 0.5) is 0 Å². The van der Waals surface area contributed by atoms with E-state index in [1.165, 1.54) is 12.0 Å². The summed E-state index contributed by atoms with van der Waals surface area (Å²) in [6, 6.07) is 20.6. The molecule has 4 nitrogen and oxygen atoms in total. The zero-order valence-electron chi connectivity index (χ0n) is 23.5. The summed E-state index contributed by atoms with van der Waals surface area (Å²) in [6.07, 6.45) is 12.0. The molecule has 6 rings (SSSR count). The monoisotopic (exact) mass is 520 g/mol. The number of rotatable bonds is 5. The van der Waals surface area contributed by atoms with Crippen LogP contribution >= 0.6 is 0 Å². The van der Waals surface area contributed by atoms with Crippen molar-refractivity contribution in [3.05, 3.63) is 89.0 Å². The maximum atomic E-state index is 14.1. The highest BCUT2D eigenvalue weighted by atomic mass is 16.5. The van der Waals surface area contributed by atoms with E-state index in [0.717, 1.165) is 61.0 Å². The molecule has 0 heterocycles. The molecule has 0 radical (unpaired) electrons. The van der Waals surface area contributed by atoms with Crippen molar-refractivity contribution in [3.63, 3.8) is 0 Å². The Morgan fingerprint density at radius 3 is 2.46 bits per heavy atom. The van der Waals surface area contributed by atoms with E-state index in [1.807, 2.05) is 30.3 Å². The highest BCUT2D eigenvalue weighted by Crippen LogP contribution is 2.66. The Labute approximate surface area is 233 Å². The van der Waals surface area contributed by atoms with Gasteiger partial charge in [-0.15, -0.1) is 0 Å². The van der Waals surface area contributed by atoms with Gasteiger partial charge in [-0.1, -0.05) is 62.4 Å². The minimum Gasteiger partial charge on any atom is -0.497 e. The minimum absolute atomic E-state index is 0.0242. The number of hydrogen-bond acceptors (Lipinski definition) is 3. The van der Waals surface area contributed by atoms with Gasteiger partial charge >= 0.3 is 0 Å². The van der Waals surface area contributed by atoms with Crippen LogP contribution in [0.5, 0.6) is 5.75 Å². The number of ether oxygens (including phenoxy) is 1. The van der Waals surface area contributed by atoms with Crippen molar-refractivity contribution in [2.24, 2.45) is 34.5 Å². The molecule has 2 aromatic carbocycles. The lowest BCUT2D eigenvalue weighted by atomic mass is 9.48. The van der Waals surface area contributed by atoms with Crippen LogP contribution in [0.25, 0.3) is 0 Å². The van der Waals surface area contributed by atoms with Crippen molar-refractivity contribution >= 4 is 5.91 Å². The standard InChI is InChI=1S/C35H40N2O2/c1-34-19-17-23(22-36)21-26(34)11-14-28-29-15-16-31(35(29,2)20-18-30(28)34)33(38)37-32(24-7-5-4-6-8-24)25-9-12-27(39-3)13-10-25/h4-13,21,28-32H,14-20H2,1-3H3,(H,37,38)/t28-,29-,30-,31+,32?,34-,35-/m0/s1. The third-order valence-corrected chi connectivity index (χ3v) is 11.1. The quantitative estimate of drug-likeness (QED) is 0.443. The number of nitrogens with zero attached hydrogens (tertiary/aromatic N) is 1. The molecule has 2 aromatic rings. The Bertz CT molecular complexity index is 1340. The molecule has 1 amide bonds. The molecule has 4 aliphatic rings. The first-order valence-corrected chi connectivity index (χ1v) is 14.7. The Morgan fingerprint density at radius 1 is 1.00 bits per heavy atom. The van der Waals surface area contributed by atoms with Crippen LogP contribution in [-0.2, 0) is 4.79 Å². The van der Waals surface area contributed by atoms with Gasteiger partial charge < -0.3 is 10.1 Å². The van der Waals surface area contributed by atoms with Crippen LogP contribution in [0.3, 0.4) is 0 Å². The molecule has 4 aliphatic carbocycles. The van der Waals surface area contributed by atoms with E-state index in [2.05, 4.69) is 61.7 Å².